The number of hydrogen-bond donors (Lipinski definition) is 0. The van der Waals surface area contributed by atoms with E-state index in [9.17, 15) is 0 Å². The molecule has 0 radical (unpaired) electrons. The lowest BCUT2D eigenvalue weighted by atomic mass is 9.98. The number of aryl methyl sites for hydroxylation is 4. The summed E-state index contributed by atoms with van der Waals surface area (Å²) in [5.41, 5.74) is 5.52. The minimum Gasteiger partial charge on any atom is -0.144 e. The van der Waals surface area contributed by atoms with Gasteiger partial charge in [-0.2, -0.15) is 0 Å². The third kappa shape index (κ3) is 2.48. The van der Waals surface area contributed by atoms with Gasteiger partial charge in [-0.25, -0.2) is 0 Å². The summed E-state index contributed by atoms with van der Waals surface area (Å²) < 4.78 is 0. The lowest BCUT2D eigenvalue weighted by Gasteiger charge is -2.15. The molecule has 1 unspecified atom stereocenters. The Bertz CT molecular complexity index is 520. The predicted molar refractivity (Wildman–Crippen MR) is 80.5 cm³/mol. The summed E-state index contributed by atoms with van der Waals surface area (Å²) in [6.45, 7) is 8.74. The molecule has 0 aliphatic heterocycles. The van der Waals surface area contributed by atoms with Gasteiger partial charge in [0.2, 0.25) is 0 Å². The summed E-state index contributed by atoms with van der Waals surface area (Å²) in [5, 5.41) is 0. The highest BCUT2D eigenvalue weighted by Gasteiger charge is 2.18. The molecule has 2 heteroatoms. The molecule has 0 saturated carbocycles. The van der Waals surface area contributed by atoms with E-state index in [1.807, 2.05) is 11.3 Å². The van der Waals surface area contributed by atoms with Crippen LogP contribution >= 0.6 is 27.3 Å². The van der Waals surface area contributed by atoms with Crippen molar-refractivity contribution in [3.63, 3.8) is 0 Å². The SMILES string of the molecule is Cc1cc(C)c(C(Br)c2c(C)cccc2C)s1. The van der Waals surface area contributed by atoms with E-state index in [4.69, 9.17) is 0 Å². The fourth-order valence-corrected chi connectivity index (χ4v) is 4.66. The second kappa shape index (κ2) is 4.95. The van der Waals surface area contributed by atoms with Crippen LogP contribution in [0, 0.1) is 27.7 Å². The van der Waals surface area contributed by atoms with E-state index in [1.165, 1.54) is 32.0 Å². The van der Waals surface area contributed by atoms with Crippen molar-refractivity contribution < 1.29 is 0 Å². The predicted octanol–water partition coefficient (Wildman–Crippen LogP) is 5.47. The maximum Gasteiger partial charge on any atom is 0.0745 e. The third-order valence-electron chi connectivity index (χ3n) is 3.11. The van der Waals surface area contributed by atoms with Crippen LogP contribution in [0.1, 0.15) is 36.8 Å². The molecular weight excluding hydrogens is 292 g/mol. The molecule has 0 bridgehead atoms. The average Bonchev–Trinajstić information content (AvgIpc) is 2.57. The zero-order valence-electron chi connectivity index (χ0n) is 10.7. The second-order valence-corrected chi connectivity index (χ2v) is 6.78. The molecule has 17 heavy (non-hydrogen) atoms. The zero-order chi connectivity index (χ0) is 12.6. The Morgan fingerprint density at radius 3 is 2.06 bits per heavy atom. The van der Waals surface area contributed by atoms with Crippen LogP contribution in [-0.2, 0) is 0 Å². The largest absolute Gasteiger partial charge is 0.144 e. The number of hydrogen-bond acceptors (Lipinski definition) is 1. The van der Waals surface area contributed by atoms with Crippen LogP contribution in [0.5, 0.6) is 0 Å². The van der Waals surface area contributed by atoms with Gasteiger partial charge in [0.1, 0.15) is 0 Å². The Kier molecular flexibility index (Phi) is 3.74. The molecule has 0 spiro atoms. The van der Waals surface area contributed by atoms with Crippen LogP contribution in [0.4, 0.5) is 0 Å². The maximum absolute atomic E-state index is 3.87. The van der Waals surface area contributed by atoms with Crippen molar-refractivity contribution in [2.45, 2.75) is 32.5 Å². The van der Waals surface area contributed by atoms with Crippen LogP contribution in [-0.4, -0.2) is 0 Å². The van der Waals surface area contributed by atoms with E-state index in [0.29, 0.717) is 4.83 Å². The summed E-state index contributed by atoms with van der Waals surface area (Å²) in [4.78, 5) is 3.13. The lowest BCUT2D eigenvalue weighted by Crippen LogP contribution is -1.98. The molecule has 1 atom stereocenters. The molecule has 0 N–H and O–H groups in total. The molecule has 90 valence electrons. The monoisotopic (exact) mass is 308 g/mol. The smallest absolute Gasteiger partial charge is 0.0745 e. The highest BCUT2D eigenvalue weighted by molar-refractivity contribution is 9.09. The van der Waals surface area contributed by atoms with E-state index in [-0.39, 0.29) is 0 Å². The highest BCUT2D eigenvalue weighted by atomic mass is 79.9. The Morgan fingerprint density at radius 1 is 1.00 bits per heavy atom. The van der Waals surface area contributed by atoms with Crippen LogP contribution < -0.4 is 0 Å². The van der Waals surface area contributed by atoms with Crippen molar-refractivity contribution in [3.8, 4) is 0 Å². The first-order valence-electron chi connectivity index (χ1n) is 5.78. The van der Waals surface area contributed by atoms with Crippen molar-refractivity contribution in [2.75, 3.05) is 0 Å². The molecule has 0 amide bonds. The van der Waals surface area contributed by atoms with Crippen molar-refractivity contribution in [1.82, 2.24) is 0 Å². The summed E-state index contributed by atoms with van der Waals surface area (Å²) in [6.07, 6.45) is 0. The third-order valence-corrected chi connectivity index (χ3v) is 5.54. The van der Waals surface area contributed by atoms with E-state index in [1.54, 1.807) is 0 Å². The molecule has 0 aliphatic carbocycles. The van der Waals surface area contributed by atoms with Gasteiger partial charge in [0.15, 0.2) is 0 Å². The van der Waals surface area contributed by atoms with Crippen LogP contribution in [0.25, 0.3) is 0 Å². The molecule has 0 fully saturated rings. The minimum atomic E-state index is 0.322. The molecule has 2 rings (SSSR count). The van der Waals surface area contributed by atoms with Crippen molar-refractivity contribution >= 4 is 27.3 Å². The zero-order valence-corrected chi connectivity index (χ0v) is 13.1. The van der Waals surface area contributed by atoms with E-state index < -0.39 is 0 Å². The van der Waals surface area contributed by atoms with Crippen LogP contribution in [0.3, 0.4) is 0 Å². The number of halogens is 1. The van der Waals surface area contributed by atoms with Gasteiger partial charge >= 0.3 is 0 Å². The normalized spacial score (nSPS) is 12.8. The summed E-state index contributed by atoms with van der Waals surface area (Å²) >= 11 is 5.76. The Labute approximate surface area is 116 Å². The standard InChI is InChI=1S/C15H17BrS/c1-9-6-5-7-10(2)13(9)14(16)15-11(3)8-12(4)17-15/h5-8,14H,1-4H3. The van der Waals surface area contributed by atoms with E-state index in [2.05, 4.69) is 67.9 Å². The molecule has 1 heterocycles. The number of thiophene rings is 1. The molecule has 0 saturated heterocycles. The summed E-state index contributed by atoms with van der Waals surface area (Å²) in [5.74, 6) is 0. The molecular formula is C15H17BrS. The summed E-state index contributed by atoms with van der Waals surface area (Å²) in [6, 6.07) is 8.76. The highest BCUT2D eigenvalue weighted by Crippen LogP contribution is 2.40. The Morgan fingerprint density at radius 2 is 1.59 bits per heavy atom. The Hall–Kier alpha value is -0.600. The van der Waals surface area contributed by atoms with Crippen molar-refractivity contribution in [2.24, 2.45) is 0 Å². The minimum absolute atomic E-state index is 0.322. The molecule has 0 nitrogen and oxygen atoms in total. The van der Waals surface area contributed by atoms with Gasteiger partial charge in [0.05, 0.1) is 4.83 Å². The van der Waals surface area contributed by atoms with Crippen LogP contribution in [0.15, 0.2) is 24.3 Å². The van der Waals surface area contributed by atoms with Crippen molar-refractivity contribution in [3.05, 3.63) is 56.3 Å². The molecule has 0 aliphatic rings. The van der Waals surface area contributed by atoms with Gasteiger partial charge < -0.3 is 0 Å². The van der Waals surface area contributed by atoms with Crippen molar-refractivity contribution in [1.29, 1.82) is 0 Å². The van der Waals surface area contributed by atoms with Gasteiger partial charge in [-0.05, 0) is 56.0 Å². The lowest BCUT2D eigenvalue weighted by molar-refractivity contribution is 1.12. The quantitative estimate of drug-likeness (QED) is 0.646. The van der Waals surface area contributed by atoms with Crippen LogP contribution in [0.2, 0.25) is 0 Å². The first-order valence-corrected chi connectivity index (χ1v) is 7.51. The number of rotatable bonds is 2. The van der Waals surface area contributed by atoms with Gasteiger partial charge in [0, 0.05) is 9.75 Å². The molecule has 1 aromatic carbocycles. The number of benzene rings is 1. The fraction of sp³-hybridized carbons (Fsp3) is 0.333. The Balaban J connectivity index is 2.51. The van der Waals surface area contributed by atoms with Gasteiger partial charge in [-0.1, -0.05) is 34.1 Å². The average molecular weight is 309 g/mol. The maximum atomic E-state index is 3.87. The molecule has 2 aromatic rings. The van der Waals surface area contributed by atoms with E-state index >= 15 is 0 Å². The first kappa shape index (κ1) is 12.8. The number of alkyl halides is 1. The topological polar surface area (TPSA) is 0 Å². The second-order valence-electron chi connectivity index (χ2n) is 4.57. The van der Waals surface area contributed by atoms with Gasteiger partial charge in [-0.3, -0.25) is 0 Å². The van der Waals surface area contributed by atoms with Gasteiger partial charge in [-0.15, -0.1) is 11.3 Å². The fourth-order valence-electron chi connectivity index (χ4n) is 2.27. The first-order chi connectivity index (χ1) is 8.00. The van der Waals surface area contributed by atoms with Gasteiger partial charge in [0.25, 0.3) is 0 Å². The van der Waals surface area contributed by atoms with E-state index in [0.717, 1.165) is 0 Å². The molecule has 1 aromatic heterocycles. The summed E-state index contributed by atoms with van der Waals surface area (Å²) in [7, 11) is 0.